The lowest BCUT2D eigenvalue weighted by atomic mass is 9.90. The van der Waals surface area contributed by atoms with Gasteiger partial charge in [-0.1, -0.05) is 134 Å². The lowest BCUT2D eigenvalue weighted by Crippen LogP contribution is -2.10. The van der Waals surface area contributed by atoms with Crippen molar-refractivity contribution in [3.05, 3.63) is 161 Å². The Morgan fingerprint density at radius 2 is 0.857 bits per heavy atom. The fourth-order valence-corrected chi connectivity index (χ4v) is 8.67. The van der Waals surface area contributed by atoms with E-state index in [4.69, 9.17) is 0 Å². The summed E-state index contributed by atoms with van der Waals surface area (Å²) in [6, 6.07) is 42.5. The second-order valence-corrected chi connectivity index (χ2v) is 13.1. The Labute approximate surface area is 286 Å². The molecule has 2 nitrogen and oxygen atoms in total. The van der Waals surface area contributed by atoms with E-state index in [0.717, 1.165) is 0 Å². The van der Waals surface area contributed by atoms with Crippen LogP contribution < -0.4 is 0 Å². The Bertz CT molecular complexity index is 2660. The Morgan fingerprint density at radius 3 is 1.29 bits per heavy atom. The lowest BCUT2D eigenvalue weighted by Gasteiger charge is -2.19. The highest BCUT2D eigenvalue weighted by atomic mass is 15.2. The molecule has 0 unspecified atom stereocenters. The fraction of sp³-hybridized carbons (Fsp3) is 0.0638. The average Bonchev–Trinajstić information content (AvgIpc) is 3.95. The summed E-state index contributed by atoms with van der Waals surface area (Å²) in [4.78, 5) is 0. The van der Waals surface area contributed by atoms with Crippen molar-refractivity contribution in [2.24, 2.45) is 0 Å². The summed E-state index contributed by atoms with van der Waals surface area (Å²) in [5, 5.41) is 2.61. The second kappa shape index (κ2) is 10.7. The number of allylic oxidation sites excluding steroid dienone is 4. The van der Waals surface area contributed by atoms with Gasteiger partial charge in [-0.3, -0.25) is 0 Å². The summed E-state index contributed by atoms with van der Waals surface area (Å²) in [6.45, 7) is 4.96. The van der Waals surface area contributed by atoms with Crippen LogP contribution in [0.1, 0.15) is 41.7 Å². The Balaban J connectivity index is 1.62. The largest absolute Gasteiger partial charge is 0.322 e. The van der Waals surface area contributed by atoms with E-state index in [1.54, 1.807) is 0 Å². The van der Waals surface area contributed by atoms with Crippen LogP contribution in [0.5, 0.6) is 0 Å². The van der Waals surface area contributed by atoms with E-state index in [-0.39, 0.29) is 0 Å². The van der Waals surface area contributed by atoms with Gasteiger partial charge in [-0.15, -0.1) is 0 Å². The molecule has 0 radical (unpaired) electrons. The smallest absolute Gasteiger partial charge is 0.100 e. The highest BCUT2D eigenvalue weighted by Crippen LogP contribution is 2.51. The van der Waals surface area contributed by atoms with E-state index in [0.29, 0.717) is 6.67 Å². The Kier molecular flexibility index (Phi) is 6.10. The van der Waals surface area contributed by atoms with E-state index < -0.39 is 0 Å². The van der Waals surface area contributed by atoms with Crippen LogP contribution in [0.2, 0.25) is 0 Å². The predicted octanol–water partition coefficient (Wildman–Crippen LogP) is 12.6. The molecule has 0 N–H and O–H groups in total. The first-order chi connectivity index (χ1) is 24.3. The molecular weight excluding hydrogens is 593 g/mol. The summed E-state index contributed by atoms with van der Waals surface area (Å²) in [6.07, 6.45) is 16.3. The third kappa shape index (κ3) is 3.89. The summed E-state index contributed by atoms with van der Waals surface area (Å²) in [5.74, 6) is 0. The molecule has 232 valence electrons. The molecule has 2 aliphatic heterocycles. The van der Waals surface area contributed by atoms with Gasteiger partial charge < -0.3 is 9.13 Å². The molecule has 49 heavy (non-hydrogen) atoms. The lowest BCUT2D eigenvalue weighted by molar-refractivity contribution is 0.681. The topological polar surface area (TPSA) is 9.86 Å². The molecule has 0 atom stereocenters. The minimum atomic E-state index is 0.667. The van der Waals surface area contributed by atoms with Crippen LogP contribution in [0.3, 0.4) is 0 Å². The van der Waals surface area contributed by atoms with Gasteiger partial charge >= 0.3 is 0 Å². The van der Waals surface area contributed by atoms with Crippen molar-refractivity contribution in [2.75, 3.05) is 0 Å². The van der Waals surface area contributed by atoms with E-state index in [1.807, 2.05) is 0 Å². The normalized spacial score (nSPS) is 13.7. The highest BCUT2D eigenvalue weighted by molar-refractivity contribution is 6.22. The first-order valence-corrected chi connectivity index (χ1v) is 17.2. The quantitative estimate of drug-likeness (QED) is 0.168. The van der Waals surface area contributed by atoms with Gasteiger partial charge in [0.1, 0.15) is 6.67 Å². The molecule has 4 aliphatic rings. The van der Waals surface area contributed by atoms with E-state index in [2.05, 4.69) is 181 Å². The van der Waals surface area contributed by atoms with Gasteiger partial charge in [-0.2, -0.15) is 0 Å². The standard InChI is InChI=1S/C47H34N2/c1-3-14-30(4-2)42-34-21-22-35-43(31-15-8-5-9-16-31)40-27-28-41-45(33-19-12-7-13-20-33)37-24-23-36(47(37)46(34)35)44(32-17-10-6-11-18-32)39-26-25-38(42)48(39)29-49(40)41/h3-28H,29H2,1-2H3/b14-3-,30-4+,42-34?,42-38?,43-35?,43-40?,44-36?,44-39?,45-37?,45-41?,47-46?. The zero-order valence-corrected chi connectivity index (χ0v) is 27.6. The van der Waals surface area contributed by atoms with Crippen molar-refractivity contribution in [1.82, 2.24) is 9.13 Å². The van der Waals surface area contributed by atoms with Gasteiger partial charge in [-0.25, -0.2) is 0 Å². The molecule has 6 heterocycles. The van der Waals surface area contributed by atoms with Gasteiger partial charge in [0.25, 0.3) is 0 Å². The van der Waals surface area contributed by atoms with Crippen LogP contribution in [0.25, 0.3) is 96.1 Å². The molecule has 4 aromatic heterocycles. The van der Waals surface area contributed by atoms with Crippen molar-refractivity contribution >= 4 is 62.7 Å². The number of nitrogens with zero attached hydrogens (tertiary/aromatic N) is 2. The summed E-state index contributed by atoms with van der Waals surface area (Å²) >= 11 is 0. The van der Waals surface area contributed by atoms with Crippen LogP contribution >= 0.6 is 0 Å². The number of benzene rings is 3. The summed E-state index contributed by atoms with van der Waals surface area (Å²) in [7, 11) is 0. The molecule has 12 bridgehead atoms. The van der Waals surface area contributed by atoms with Crippen LogP contribution in [0.15, 0.2) is 133 Å². The molecule has 2 aliphatic carbocycles. The molecular formula is C47H34N2. The molecule has 0 amide bonds. The highest BCUT2D eigenvalue weighted by Gasteiger charge is 2.29. The van der Waals surface area contributed by atoms with E-state index >= 15 is 0 Å². The third-order valence-electron chi connectivity index (χ3n) is 10.6. The van der Waals surface area contributed by atoms with E-state index in [9.17, 15) is 0 Å². The fourth-order valence-electron chi connectivity index (χ4n) is 8.67. The molecule has 0 fully saturated rings. The van der Waals surface area contributed by atoms with Crippen molar-refractivity contribution in [2.45, 2.75) is 20.5 Å². The number of aromatic nitrogens is 2. The van der Waals surface area contributed by atoms with Crippen molar-refractivity contribution in [3.63, 3.8) is 0 Å². The Hall–Kier alpha value is -6.12. The van der Waals surface area contributed by atoms with Crippen molar-refractivity contribution in [1.29, 1.82) is 0 Å². The number of hydrogen-bond donors (Lipinski definition) is 0. The monoisotopic (exact) mass is 626 g/mol. The summed E-state index contributed by atoms with van der Waals surface area (Å²) in [5.41, 5.74) is 20.0. The number of hydrogen-bond acceptors (Lipinski definition) is 0. The summed E-state index contributed by atoms with van der Waals surface area (Å²) < 4.78 is 5.16. The minimum Gasteiger partial charge on any atom is -0.322 e. The second-order valence-electron chi connectivity index (χ2n) is 13.1. The molecule has 0 saturated heterocycles. The third-order valence-corrected chi connectivity index (χ3v) is 10.6. The van der Waals surface area contributed by atoms with Crippen LogP contribution in [-0.4, -0.2) is 9.13 Å². The maximum absolute atomic E-state index is 2.58. The molecule has 7 aromatic rings. The first kappa shape index (κ1) is 27.9. The van der Waals surface area contributed by atoms with Crippen LogP contribution in [0.4, 0.5) is 0 Å². The Morgan fingerprint density at radius 1 is 0.469 bits per heavy atom. The van der Waals surface area contributed by atoms with Gasteiger partial charge in [0, 0.05) is 22.3 Å². The van der Waals surface area contributed by atoms with Crippen LogP contribution in [-0.2, 0) is 6.67 Å². The van der Waals surface area contributed by atoms with Gasteiger partial charge in [0.05, 0.1) is 22.1 Å². The maximum atomic E-state index is 2.58. The predicted molar refractivity (Wildman–Crippen MR) is 211 cm³/mol. The minimum absolute atomic E-state index is 0.667. The van der Waals surface area contributed by atoms with Gasteiger partial charge in [0.2, 0.25) is 0 Å². The molecule has 3 aromatic carbocycles. The van der Waals surface area contributed by atoms with Gasteiger partial charge in [0.15, 0.2) is 0 Å². The van der Waals surface area contributed by atoms with Crippen molar-refractivity contribution in [3.8, 4) is 33.4 Å². The maximum Gasteiger partial charge on any atom is 0.100 e. The molecule has 0 spiro atoms. The zero-order valence-electron chi connectivity index (χ0n) is 27.6. The molecule has 2 heteroatoms. The van der Waals surface area contributed by atoms with Crippen LogP contribution in [0, 0.1) is 0 Å². The first-order valence-electron chi connectivity index (χ1n) is 17.2. The van der Waals surface area contributed by atoms with E-state index in [1.165, 1.54) is 99.6 Å². The molecule has 11 rings (SSSR count). The zero-order chi connectivity index (χ0) is 32.6. The SMILES string of the molecule is C/C=C\C(=C/C)c1c2c3c(c(-c4ccccc4)c4ccc5c(-c6ccccc6)c6c3c(c(-c3ccccc3)c3ccc1n3Cn45)C=C6)C=C2. The van der Waals surface area contributed by atoms with Crippen molar-refractivity contribution < 1.29 is 0 Å². The number of rotatable bonds is 5. The van der Waals surface area contributed by atoms with Gasteiger partial charge in [-0.05, 0) is 93.4 Å². The average molecular weight is 627 g/mol. The molecule has 0 saturated carbocycles.